The van der Waals surface area contributed by atoms with Crippen molar-refractivity contribution in [1.82, 2.24) is 14.8 Å². The second-order valence-electron chi connectivity index (χ2n) is 6.98. The van der Waals surface area contributed by atoms with E-state index >= 15 is 0 Å². The third kappa shape index (κ3) is 5.20. The van der Waals surface area contributed by atoms with E-state index in [0.29, 0.717) is 18.8 Å². The molecule has 2 aromatic rings. The van der Waals surface area contributed by atoms with Crippen molar-refractivity contribution in [1.29, 1.82) is 0 Å². The van der Waals surface area contributed by atoms with E-state index in [1.165, 1.54) is 5.56 Å². The third-order valence-electron chi connectivity index (χ3n) is 5.22. The predicted molar refractivity (Wildman–Crippen MR) is 116 cm³/mol. The molecule has 0 N–H and O–H groups in total. The molecule has 5 heteroatoms. The Morgan fingerprint density at radius 2 is 1.79 bits per heavy atom. The summed E-state index contributed by atoms with van der Waals surface area (Å²) in [6, 6.07) is 14.3. The van der Waals surface area contributed by atoms with Gasteiger partial charge >= 0.3 is 0 Å². The number of amides is 1. The van der Waals surface area contributed by atoms with E-state index in [0.717, 1.165) is 38.4 Å². The van der Waals surface area contributed by atoms with E-state index in [4.69, 9.17) is 0 Å². The van der Waals surface area contributed by atoms with Gasteiger partial charge in [0.2, 0.25) is 0 Å². The molecule has 2 heterocycles. The number of hydrogen-bond donors (Lipinski definition) is 0. The summed E-state index contributed by atoms with van der Waals surface area (Å²) in [6.45, 7) is 10.3. The number of aromatic nitrogens is 1. The second kappa shape index (κ2) is 10.0. The normalized spacial score (nSPS) is 15.1. The van der Waals surface area contributed by atoms with Crippen LogP contribution in [0.15, 0.2) is 54.7 Å². The van der Waals surface area contributed by atoms with Crippen molar-refractivity contribution in [2.75, 3.05) is 50.7 Å². The molecule has 28 heavy (non-hydrogen) atoms. The number of piperazine rings is 1. The number of hydrogen-bond acceptors (Lipinski definition) is 4. The molecule has 0 atom stereocenters. The molecule has 0 bridgehead atoms. The van der Waals surface area contributed by atoms with E-state index in [9.17, 15) is 4.79 Å². The molecule has 1 aromatic carbocycles. The molecule has 148 valence electrons. The van der Waals surface area contributed by atoms with Gasteiger partial charge in [-0.2, -0.15) is 0 Å². The van der Waals surface area contributed by atoms with Crippen molar-refractivity contribution in [3.05, 3.63) is 66.0 Å². The smallest absolute Gasteiger partial charge is 0.272 e. The van der Waals surface area contributed by atoms with Crippen molar-refractivity contribution < 1.29 is 4.79 Å². The van der Waals surface area contributed by atoms with Crippen LogP contribution < -0.4 is 4.90 Å². The van der Waals surface area contributed by atoms with E-state index in [-0.39, 0.29) is 5.91 Å². The van der Waals surface area contributed by atoms with Crippen LogP contribution in [0, 0.1) is 0 Å². The van der Waals surface area contributed by atoms with Crippen molar-refractivity contribution in [2.24, 2.45) is 0 Å². The van der Waals surface area contributed by atoms with Gasteiger partial charge in [0.25, 0.3) is 5.91 Å². The predicted octanol–water partition coefficient (Wildman–Crippen LogP) is 3.40. The maximum Gasteiger partial charge on any atom is 0.272 e. The van der Waals surface area contributed by atoms with Crippen molar-refractivity contribution in [3.63, 3.8) is 0 Å². The summed E-state index contributed by atoms with van der Waals surface area (Å²) in [4.78, 5) is 23.5. The van der Waals surface area contributed by atoms with Gasteiger partial charge in [0, 0.05) is 57.7 Å². The first-order valence-corrected chi connectivity index (χ1v) is 10.2. The highest BCUT2D eigenvalue weighted by molar-refractivity contribution is 5.93. The molecule has 3 rings (SSSR count). The molecule has 1 amide bonds. The first kappa shape index (κ1) is 20.1. The average molecular weight is 379 g/mol. The Balaban J connectivity index is 1.54. The molecular weight excluding hydrogens is 348 g/mol. The Labute approximate surface area is 168 Å². The number of carbonyl (C=O) groups is 1. The minimum Gasteiger partial charge on any atom is -0.369 e. The highest BCUT2D eigenvalue weighted by Crippen LogP contribution is 2.18. The molecule has 0 spiro atoms. The summed E-state index contributed by atoms with van der Waals surface area (Å²) in [5.74, 6) is 0.0107. The number of benzene rings is 1. The number of rotatable bonds is 7. The summed E-state index contributed by atoms with van der Waals surface area (Å²) in [5, 5.41) is 0. The van der Waals surface area contributed by atoms with Crippen LogP contribution >= 0.6 is 0 Å². The molecule has 0 aliphatic carbocycles. The lowest BCUT2D eigenvalue weighted by atomic mass is 10.2. The molecule has 1 saturated heterocycles. The fraction of sp³-hybridized carbons (Fsp3) is 0.391. The van der Waals surface area contributed by atoms with Gasteiger partial charge in [-0.15, -0.1) is 0 Å². The van der Waals surface area contributed by atoms with E-state index in [1.807, 2.05) is 36.9 Å². The highest BCUT2D eigenvalue weighted by Gasteiger charge is 2.19. The zero-order valence-electron chi connectivity index (χ0n) is 16.9. The third-order valence-corrected chi connectivity index (χ3v) is 5.22. The second-order valence-corrected chi connectivity index (χ2v) is 6.98. The molecule has 0 radical (unpaired) electrons. The monoisotopic (exact) mass is 378 g/mol. The molecule has 1 aromatic heterocycles. The van der Waals surface area contributed by atoms with Crippen LogP contribution in [0.5, 0.6) is 0 Å². The van der Waals surface area contributed by atoms with Crippen LogP contribution in [0.25, 0.3) is 6.08 Å². The quantitative estimate of drug-likeness (QED) is 0.740. The van der Waals surface area contributed by atoms with Crippen LogP contribution in [-0.2, 0) is 0 Å². The molecule has 1 aliphatic heterocycles. The van der Waals surface area contributed by atoms with Gasteiger partial charge < -0.3 is 9.80 Å². The van der Waals surface area contributed by atoms with Gasteiger partial charge in [-0.25, -0.2) is 0 Å². The Morgan fingerprint density at radius 3 is 2.46 bits per heavy atom. The number of carbonyl (C=O) groups excluding carboxylic acids is 1. The van der Waals surface area contributed by atoms with Crippen LogP contribution in [0.2, 0.25) is 0 Å². The van der Waals surface area contributed by atoms with Gasteiger partial charge in [0.15, 0.2) is 0 Å². The minimum atomic E-state index is 0.0107. The first-order valence-electron chi connectivity index (χ1n) is 10.2. The van der Waals surface area contributed by atoms with Crippen LogP contribution in [0.1, 0.15) is 29.9 Å². The zero-order chi connectivity index (χ0) is 19.8. The van der Waals surface area contributed by atoms with Crippen molar-refractivity contribution >= 4 is 17.7 Å². The van der Waals surface area contributed by atoms with Gasteiger partial charge in [-0.1, -0.05) is 42.5 Å². The summed E-state index contributed by atoms with van der Waals surface area (Å²) < 4.78 is 0. The summed E-state index contributed by atoms with van der Waals surface area (Å²) in [6.07, 6.45) is 6.17. The number of anilines is 1. The Morgan fingerprint density at radius 1 is 1.07 bits per heavy atom. The Kier molecular flexibility index (Phi) is 7.20. The van der Waals surface area contributed by atoms with Gasteiger partial charge in [0.05, 0.1) is 0 Å². The molecular formula is C23H30N4O. The number of nitrogens with zero attached hydrogens (tertiary/aromatic N) is 4. The van der Waals surface area contributed by atoms with Crippen LogP contribution in [-0.4, -0.2) is 66.5 Å². The molecule has 1 aliphatic rings. The first-order chi connectivity index (χ1) is 13.7. The number of pyridine rings is 1. The summed E-state index contributed by atoms with van der Waals surface area (Å²) in [5.41, 5.74) is 2.86. The van der Waals surface area contributed by atoms with E-state index in [2.05, 4.69) is 51.2 Å². The van der Waals surface area contributed by atoms with Crippen LogP contribution in [0.4, 0.5) is 5.69 Å². The Bertz CT molecular complexity index is 778. The lowest BCUT2D eigenvalue weighted by Gasteiger charge is -2.35. The standard InChI is InChI=1S/C23H30N4O/c1-3-26(4-2)23(28)22-19-21(12-13-24-22)27-17-15-25(16-18-27)14-8-11-20-9-6-5-7-10-20/h5-13,19H,3-4,14-18H2,1-2H3/b11-8+. The minimum absolute atomic E-state index is 0.0107. The Hall–Kier alpha value is -2.66. The van der Waals surface area contributed by atoms with Gasteiger partial charge in [0.1, 0.15) is 5.69 Å². The maximum atomic E-state index is 12.6. The van der Waals surface area contributed by atoms with Gasteiger partial charge in [-0.05, 0) is 31.5 Å². The molecule has 5 nitrogen and oxygen atoms in total. The molecule has 0 saturated carbocycles. The largest absolute Gasteiger partial charge is 0.369 e. The van der Waals surface area contributed by atoms with Crippen molar-refractivity contribution in [3.8, 4) is 0 Å². The molecule has 0 unspecified atom stereocenters. The topological polar surface area (TPSA) is 39.7 Å². The van der Waals surface area contributed by atoms with E-state index < -0.39 is 0 Å². The lowest BCUT2D eigenvalue weighted by molar-refractivity contribution is 0.0767. The fourth-order valence-corrected chi connectivity index (χ4v) is 3.50. The zero-order valence-corrected chi connectivity index (χ0v) is 16.9. The molecule has 1 fully saturated rings. The van der Waals surface area contributed by atoms with Crippen LogP contribution in [0.3, 0.4) is 0 Å². The lowest BCUT2D eigenvalue weighted by Crippen LogP contribution is -2.46. The maximum absolute atomic E-state index is 12.6. The summed E-state index contributed by atoms with van der Waals surface area (Å²) in [7, 11) is 0. The van der Waals surface area contributed by atoms with Gasteiger partial charge in [-0.3, -0.25) is 14.7 Å². The SMILES string of the molecule is CCN(CC)C(=O)c1cc(N2CCN(C/C=C/c3ccccc3)CC2)ccn1. The average Bonchev–Trinajstić information content (AvgIpc) is 2.76. The fourth-order valence-electron chi connectivity index (χ4n) is 3.50. The summed E-state index contributed by atoms with van der Waals surface area (Å²) >= 11 is 0. The highest BCUT2D eigenvalue weighted by atomic mass is 16.2. The van der Waals surface area contributed by atoms with E-state index in [1.54, 1.807) is 6.20 Å². The van der Waals surface area contributed by atoms with Crippen molar-refractivity contribution in [2.45, 2.75) is 13.8 Å².